The maximum Gasteiger partial charge on any atom is 0.326 e. The summed E-state index contributed by atoms with van der Waals surface area (Å²) in [6.07, 6.45) is -0.890. The van der Waals surface area contributed by atoms with E-state index in [0.29, 0.717) is 0 Å². The maximum absolute atomic E-state index is 12.4. The second kappa shape index (κ2) is 11.4. The van der Waals surface area contributed by atoms with E-state index in [1.807, 2.05) is 0 Å². The standard InChI is InChI=1S/C18H25N5O6/c19-11(8-10-4-2-1-3-5-10)16(26)23-13(9-15(21)25)17(27)22-12(18(28)29)6-7-14(20)24/h1-5,11-13H,6-9,19H2,(H2,20,24)(H2,21,25)(H,22,27)(H,23,26)(H,28,29)/t11-,12-,13-/m0/s1. The third-order valence-corrected chi connectivity index (χ3v) is 3.97. The molecule has 0 fully saturated rings. The number of amides is 4. The van der Waals surface area contributed by atoms with E-state index in [2.05, 4.69) is 10.6 Å². The first-order valence-corrected chi connectivity index (χ1v) is 8.79. The van der Waals surface area contributed by atoms with Gasteiger partial charge in [0, 0.05) is 6.42 Å². The number of carboxylic acids is 1. The van der Waals surface area contributed by atoms with E-state index in [9.17, 15) is 24.0 Å². The SMILES string of the molecule is NC(=O)CC[C@H](NC(=O)[C@H](CC(N)=O)NC(=O)[C@@H](N)Cc1ccccc1)C(=O)O. The number of aliphatic carboxylic acids is 1. The summed E-state index contributed by atoms with van der Waals surface area (Å²) >= 11 is 0. The molecule has 11 heteroatoms. The minimum Gasteiger partial charge on any atom is -0.480 e. The van der Waals surface area contributed by atoms with E-state index < -0.39 is 54.1 Å². The number of benzene rings is 1. The number of carbonyl (C=O) groups is 5. The fourth-order valence-corrected chi connectivity index (χ4v) is 2.47. The molecule has 1 aromatic rings. The van der Waals surface area contributed by atoms with Crippen LogP contribution in [-0.2, 0) is 30.4 Å². The lowest BCUT2D eigenvalue weighted by Crippen LogP contribution is -2.55. The van der Waals surface area contributed by atoms with Crippen molar-refractivity contribution in [2.45, 2.75) is 43.8 Å². The van der Waals surface area contributed by atoms with Gasteiger partial charge in [0.1, 0.15) is 12.1 Å². The highest BCUT2D eigenvalue weighted by molar-refractivity contribution is 5.94. The number of carboxylic acid groups (broad SMARTS) is 1. The van der Waals surface area contributed by atoms with Gasteiger partial charge in [-0.05, 0) is 18.4 Å². The number of nitrogens with two attached hydrogens (primary N) is 3. The van der Waals surface area contributed by atoms with E-state index in [4.69, 9.17) is 22.3 Å². The Kier molecular flexibility index (Phi) is 9.26. The highest BCUT2D eigenvalue weighted by Crippen LogP contribution is 2.04. The molecule has 158 valence electrons. The molecule has 0 aliphatic heterocycles. The molecule has 3 atom stereocenters. The normalized spacial score (nSPS) is 13.6. The first kappa shape index (κ1) is 23.6. The number of primary amides is 2. The smallest absolute Gasteiger partial charge is 0.326 e. The quantitative estimate of drug-likeness (QED) is 0.224. The molecular weight excluding hydrogens is 382 g/mol. The van der Waals surface area contributed by atoms with E-state index in [0.717, 1.165) is 5.56 Å². The van der Waals surface area contributed by atoms with Crippen molar-refractivity contribution in [2.75, 3.05) is 0 Å². The zero-order valence-electron chi connectivity index (χ0n) is 15.7. The summed E-state index contributed by atoms with van der Waals surface area (Å²) < 4.78 is 0. The lowest BCUT2D eigenvalue weighted by atomic mass is 10.0. The number of hydrogen-bond acceptors (Lipinski definition) is 6. The number of carbonyl (C=O) groups excluding carboxylic acids is 4. The highest BCUT2D eigenvalue weighted by atomic mass is 16.4. The average molecular weight is 407 g/mol. The molecule has 11 nitrogen and oxygen atoms in total. The van der Waals surface area contributed by atoms with Crippen LogP contribution in [0.15, 0.2) is 30.3 Å². The van der Waals surface area contributed by atoms with Crippen LogP contribution in [0.5, 0.6) is 0 Å². The summed E-state index contributed by atoms with van der Waals surface area (Å²) in [5.41, 5.74) is 16.7. The van der Waals surface area contributed by atoms with E-state index >= 15 is 0 Å². The summed E-state index contributed by atoms with van der Waals surface area (Å²) in [6.45, 7) is 0. The van der Waals surface area contributed by atoms with Crippen LogP contribution in [0.4, 0.5) is 0 Å². The Labute approximate surface area is 167 Å². The van der Waals surface area contributed by atoms with Gasteiger partial charge in [0.15, 0.2) is 0 Å². The molecule has 0 saturated heterocycles. The van der Waals surface area contributed by atoms with Gasteiger partial charge in [-0.25, -0.2) is 4.79 Å². The van der Waals surface area contributed by atoms with Gasteiger partial charge >= 0.3 is 5.97 Å². The lowest BCUT2D eigenvalue weighted by Gasteiger charge is -2.22. The van der Waals surface area contributed by atoms with Crippen molar-refractivity contribution in [3.8, 4) is 0 Å². The van der Waals surface area contributed by atoms with E-state index in [1.165, 1.54) is 0 Å². The fourth-order valence-electron chi connectivity index (χ4n) is 2.47. The maximum atomic E-state index is 12.4. The predicted octanol–water partition coefficient (Wildman–Crippen LogP) is -2.25. The monoisotopic (exact) mass is 407 g/mol. The molecule has 0 radical (unpaired) electrons. The lowest BCUT2D eigenvalue weighted by molar-refractivity contribution is -0.142. The van der Waals surface area contributed by atoms with Gasteiger partial charge in [-0.3, -0.25) is 19.2 Å². The van der Waals surface area contributed by atoms with Crippen LogP contribution < -0.4 is 27.8 Å². The van der Waals surface area contributed by atoms with Crippen LogP contribution in [0.1, 0.15) is 24.8 Å². The van der Waals surface area contributed by atoms with Crippen molar-refractivity contribution in [3.05, 3.63) is 35.9 Å². The number of rotatable bonds is 12. The van der Waals surface area contributed by atoms with Crippen LogP contribution in [-0.4, -0.2) is 52.8 Å². The highest BCUT2D eigenvalue weighted by Gasteiger charge is 2.29. The van der Waals surface area contributed by atoms with Crippen LogP contribution in [0.2, 0.25) is 0 Å². The van der Waals surface area contributed by atoms with Gasteiger partial charge < -0.3 is 32.9 Å². The van der Waals surface area contributed by atoms with Crippen molar-refractivity contribution in [1.29, 1.82) is 0 Å². The van der Waals surface area contributed by atoms with Gasteiger partial charge in [0.05, 0.1) is 12.5 Å². The van der Waals surface area contributed by atoms with Gasteiger partial charge in [0.25, 0.3) is 0 Å². The fraction of sp³-hybridized carbons (Fsp3) is 0.389. The van der Waals surface area contributed by atoms with Crippen molar-refractivity contribution in [3.63, 3.8) is 0 Å². The van der Waals surface area contributed by atoms with E-state index in [-0.39, 0.29) is 19.3 Å². The molecule has 4 amide bonds. The third-order valence-electron chi connectivity index (χ3n) is 3.97. The van der Waals surface area contributed by atoms with Crippen LogP contribution >= 0.6 is 0 Å². The molecular formula is C18H25N5O6. The summed E-state index contributed by atoms with van der Waals surface area (Å²) in [5, 5.41) is 13.6. The Morgan fingerprint density at radius 1 is 0.897 bits per heavy atom. The van der Waals surface area contributed by atoms with Gasteiger partial charge in [-0.1, -0.05) is 30.3 Å². The molecule has 0 aromatic heterocycles. The minimum absolute atomic E-state index is 0.188. The molecule has 0 aliphatic carbocycles. The van der Waals surface area contributed by atoms with Crippen molar-refractivity contribution in [2.24, 2.45) is 17.2 Å². The first-order chi connectivity index (χ1) is 13.6. The third kappa shape index (κ3) is 8.84. The summed E-state index contributed by atoms with van der Waals surface area (Å²) in [5.74, 6) is -4.67. The van der Waals surface area contributed by atoms with Gasteiger partial charge in [-0.2, -0.15) is 0 Å². The van der Waals surface area contributed by atoms with Gasteiger partial charge in [-0.15, -0.1) is 0 Å². The average Bonchev–Trinajstić information content (AvgIpc) is 2.64. The summed E-state index contributed by atoms with van der Waals surface area (Å²) in [4.78, 5) is 58.1. The zero-order valence-corrected chi connectivity index (χ0v) is 15.7. The molecule has 0 spiro atoms. The summed E-state index contributed by atoms with van der Waals surface area (Å²) in [6, 6.07) is 5.05. The minimum atomic E-state index is -1.43. The van der Waals surface area contributed by atoms with Crippen molar-refractivity contribution in [1.82, 2.24) is 10.6 Å². The summed E-state index contributed by atoms with van der Waals surface area (Å²) in [7, 11) is 0. The second-order valence-corrected chi connectivity index (χ2v) is 6.43. The van der Waals surface area contributed by atoms with Crippen LogP contribution in [0.25, 0.3) is 0 Å². The molecule has 29 heavy (non-hydrogen) atoms. The van der Waals surface area contributed by atoms with Crippen LogP contribution in [0.3, 0.4) is 0 Å². The molecule has 0 saturated carbocycles. The molecule has 0 unspecified atom stereocenters. The molecule has 0 aliphatic rings. The topological polar surface area (TPSA) is 208 Å². The van der Waals surface area contributed by atoms with Crippen molar-refractivity contribution < 1.29 is 29.1 Å². The number of nitrogens with one attached hydrogen (secondary N) is 2. The molecule has 9 N–H and O–H groups in total. The molecule has 0 bridgehead atoms. The Hall–Kier alpha value is -3.47. The molecule has 0 heterocycles. The molecule has 1 aromatic carbocycles. The second-order valence-electron chi connectivity index (χ2n) is 6.43. The van der Waals surface area contributed by atoms with E-state index in [1.54, 1.807) is 30.3 Å². The van der Waals surface area contributed by atoms with Crippen molar-refractivity contribution >= 4 is 29.6 Å². The molecule has 1 rings (SSSR count). The number of hydrogen-bond donors (Lipinski definition) is 6. The first-order valence-electron chi connectivity index (χ1n) is 8.79. The zero-order chi connectivity index (χ0) is 22.0. The Morgan fingerprint density at radius 3 is 2.00 bits per heavy atom. The predicted molar refractivity (Wildman–Crippen MR) is 102 cm³/mol. The van der Waals surface area contributed by atoms with Crippen LogP contribution in [0, 0.1) is 0 Å². The largest absolute Gasteiger partial charge is 0.480 e. The Morgan fingerprint density at radius 2 is 1.48 bits per heavy atom. The van der Waals surface area contributed by atoms with Gasteiger partial charge in [0.2, 0.25) is 23.6 Å². The Bertz CT molecular complexity index is 754. The Balaban J connectivity index is 2.79.